The molecule has 0 radical (unpaired) electrons. The van der Waals surface area contributed by atoms with Crippen LogP contribution >= 0.6 is 23.4 Å². The van der Waals surface area contributed by atoms with Crippen molar-refractivity contribution in [2.24, 2.45) is 5.92 Å². The third kappa shape index (κ3) is 5.56. The van der Waals surface area contributed by atoms with E-state index < -0.39 is 0 Å². The van der Waals surface area contributed by atoms with E-state index in [1.54, 1.807) is 16.8 Å². The second kappa shape index (κ2) is 9.71. The van der Waals surface area contributed by atoms with Gasteiger partial charge in [0.05, 0.1) is 17.5 Å². The third-order valence-electron chi connectivity index (χ3n) is 4.07. The van der Waals surface area contributed by atoms with Crippen LogP contribution in [-0.4, -0.2) is 31.9 Å². The zero-order valence-electron chi connectivity index (χ0n) is 15.7. The van der Waals surface area contributed by atoms with Crippen LogP contribution in [0.3, 0.4) is 0 Å². The van der Waals surface area contributed by atoms with E-state index in [9.17, 15) is 4.79 Å². The van der Waals surface area contributed by atoms with Crippen LogP contribution in [0.1, 0.15) is 31.9 Å². The number of benzene rings is 2. The molecule has 1 atom stereocenters. The van der Waals surface area contributed by atoms with Crippen molar-refractivity contribution < 1.29 is 4.79 Å². The number of hydrogen-bond donors (Lipinski definition) is 1. The molecule has 1 amide bonds. The van der Waals surface area contributed by atoms with Crippen molar-refractivity contribution in [3.8, 4) is 5.69 Å². The molecule has 8 heteroatoms. The fraction of sp³-hybridized carbons (Fsp3) is 0.300. The van der Waals surface area contributed by atoms with Crippen molar-refractivity contribution in [2.75, 3.05) is 5.75 Å². The zero-order chi connectivity index (χ0) is 19.9. The summed E-state index contributed by atoms with van der Waals surface area (Å²) in [6, 6.07) is 17.3. The van der Waals surface area contributed by atoms with Gasteiger partial charge in [0.15, 0.2) is 0 Å². The molecule has 0 aliphatic rings. The van der Waals surface area contributed by atoms with Gasteiger partial charge in [0.1, 0.15) is 0 Å². The van der Waals surface area contributed by atoms with Gasteiger partial charge >= 0.3 is 0 Å². The van der Waals surface area contributed by atoms with Crippen molar-refractivity contribution >= 4 is 29.3 Å². The Bertz CT molecular complexity index is 916. The Balaban J connectivity index is 1.65. The Morgan fingerprint density at radius 2 is 1.96 bits per heavy atom. The van der Waals surface area contributed by atoms with Gasteiger partial charge in [-0.25, -0.2) is 0 Å². The molecule has 0 aliphatic heterocycles. The van der Waals surface area contributed by atoms with E-state index in [-0.39, 0.29) is 17.7 Å². The molecule has 146 valence electrons. The molecular weight excluding hydrogens is 394 g/mol. The highest BCUT2D eigenvalue weighted by atomic mass is 35.5. The van der Waals surface area contributed by atoms with Crippen molar-refractivity contribution in [2.45, 2.75) is 31.5 Å². The Labute approximate surface area is 173 Å². The van der Waals surface area contributed by atoms with E-state index >= 15 is 0 Å². The van der Waals surface area contributed by atoms with Gasteiger partial charge in [-0.3, -0.25) is 4.79 Å². The summed E-state index contributed by atoms with van der Waals surface area (Å²) in [4.78, 5) is 12.6. The molecule has 0 spiro atoms. The average molecular weight is 416 g/mol. The molecular formula is C20H22ClN5OS. The summed E-state index contributed by atoms with van der Waals surface area (Å²) >= 11 is 7.34. The molecule has 1 N–H and O–H groups in total. The van der Waals surface area contributed by atoms with Crippen LogP contribution in [0.5, 0.6) is 0 Å². The number of aromatic nitrogens is 4. The van der Waals surface area contributed by atoms with Gasteiger partial charge in [-0.15, -0.1) is 5.10 Å². The van der Waals surface area contributed by atoms with Crippen molar-refractivity contribution in [3.05, 3.63) is 65.2 Å². The lowest BCUT2D eigenvalue weighted by atomic mass is 9.97. The fourth-order valence-corrected chi connectivity index (χ4v) is 3.73. The Morgan fingerprint density at radius 3 is 2.68 bits per heavy atom. The number of tetrazole rings is 1. The van der Waals surface area contributed by atoms with Crippen LogP contribution in [0.25, 0.3) is 5.69 Å². The minimum Gasteiger partial charge on any atom is -0.349 e. The maximum absolute atomic E-state index is 12.6. The molecule has 0 unspecified atom stereocenters. The normalized spacial score (nSPS) is 12.1. The van der Waals surface area contributed by atoms with E-state index in [1.807, 2.05) is 42.5 Å². The maximum atomic E-state index is 12.6. The van der Waals surface area contributed by atoms with Gasteiger partial charge in [-0.1, -0.05) is 73.6 Å². The lowest BCUT2D eigenvalue weighted by Gasteiger charge is -2.21. The summed E-state index contributed by atoms with van der Waals surface area (Å²) in [5.41, 5.74) is 1.86. The molecule has 28 heavy (non-hydrogen) atoms. The number of carbonyl (C=O) groups excluding carboxylic acids is 1. The van der Waals surface area contributed by atoms with Crippen molar-refractivity contribution in [1.82, 2.24) is 25.5 Å². The molecule has 0 saturated heterocycles. The van der Waals surface area contributed by atoms with Crippen molar-refractivity contribution in [3.63, 3.8) is 0 Å². The molecule has 1 aromatic heterocycles. The Hall–Kier alpha value is -2.38. The minimum atomic E-state index is -0.0554. The maximum Gasteiger partial charge on any atom is 0.230 e. The van der Waals surface area contributed by atoms with E-state index in [4.69, 9.17) is 11.6 Å². The predicted molar refractivity (Wildman–Crippen MR) is 112 cm³/mol. The first-order valence-electron chi connectivity index (χ1n) is 9.04. The van der Waals surface area contributed by atoms with Crippen LogP contribution in [0.4, 0.5) is 0 Å². The molecule has 0 fully saturated rings. The van der Waals surface area contributed by atoms with Crippen LogP contribution in [0.15, 0.2) is 59.8 Å². The number of nitrogens with zero attached hydrogens (tertiary/aromatic N) is 4. The van der Waals surface area contributed by atoms with Crippen molar-refractivity contribution in [1.29, 1.82) is 0 Å². The highest BCUT2D eigenvalue weighted by Crippen LogP contribution is 2.23. The Morgan fingerprint density at radius 1 is 1.18 bits per heavy atom. The van der Waals surface area contributed by atoms with E-state index in [2.05, 4.69) is 34.7 Å². The quantitative estimate of drug-likeness (QED) is 0.555. The summed E-state index contributed by atoms with van der Waals surface area (Å²) in [7, 11) is 0. The number of amides is 1. The van der Waals surface area contributed by atoms with Gasteiger partial charge in [0, 0.05) is 5.02 Å². The number of halogens is 1. The summed E-state index contributed by atoms with van der Waals surface area (Å²) in [5.74, 6) is 0.635. The Kier molecular flexibility index (Phi) is 7.06. The molecule has 6 nitrogen and oxygen atoms in total. The first-order valence-corrected chi connectivity index (χ1v) is 10.4. The lowest BCUT2D eigenvalue weighted by molar-refractivity contribution is -0.119. The molecule has 2 aromatic carbocycles. The lowest BCUT2D eigenvalue weighted by Crippen LogP contribution is -2.31. The highest BCUT2D eigenvalue weighted by Gasteiger charge is 2.17. The monoisotopic (exact) mass is 415 g/mol. The number of thioether (sulfide) groups is 1. The summed E-state index contributed by atoms with van der Waals surface area (Å²) in [6.07, 6.45) is 0.876. The van der Waals surface area contributed by atoms with Crippen LogP contribution in [0.2, 0.25) is 5.02 Å². The summed E-state index contributed by atoms with van der Waals surface area (Å²) in [5, 5.41) is 16.0. The highest BCUT2D eigenvalue weighted by molar-refractivity contribution is 7.99. The van der Waals surface area contributed by atoms with Crippen LogP contribution < -0.4 is 5.32 Å². The number of rotatable bonds is 8. The molecule has 3 rings (SSSR count). The summed E-state index contributed by atoms with van der Waals surface area (Å²) in [6.45, 7) is 4.30. The third-order valence-corrected chi connectivity index (χ3v) is 5.22. The van der Waals surface area contributed by atoms with Gasteiger partial charge < -0.3 is 5.32 Å². The van der Waals surface area contributed by atoms with Gasteiger partial charge in [-0.2, -0.15) is 4.68 Å². The zero-order valence-corrected chi connectivity index (χ0v) is 17.3. The second-order valence-corrected chi connectivity index (χ2v) is 8.18. The largest absolute Gasteiger partial charge is 0.349 e. The van der Waals surface area contributed by atoms with Gasteiger partial charge in [0.25, 0.3) is 0 Å². The number of hydrogen-bond acceptors (Lipinski definition) is 5. The van der Waals surface area contributed by atoms with Gasteiger partial charge in [0.2, 0.25) is 11.1 Å². The van der Waals surface area contributed by atoms with E-state index in [0.717, 1.165) is 17.7 Å². The molecule has 0 bridgehead atoms. The molecule has 3 aromatic rings. The SMILES string of the molecule is CC(C)C[C@H](NC(=O)CSc1nnnn1-c1cccc(Cl)c1)c1ccccc1. The second-order valence-electron chi connectivity index (χ2n) is 6.80. The minimum absolute atomic E-state index is 0.0155. The topological polar surface area (TPSA) is 72.7 Å². The van der Waals surface area contributed by atoms with Crippen LogP contribution in [-0.2, 0) is 4.79 Å². The average Bonchev–Trinajstić information content (AvgIpc) is 3.15. The predicted octanol–water partition coefficient (Wildman–Crippen LogP) is 4.31. The number of nitrogens with one attached hydrogen (secondary N) is 1. The molecule has 0 saturated carbocycles. The van der Waals surface area contributed by atoms with E-state index in [1.165, 1.54) is 11.8 Å². The van der Waals surface area contributed by atoms with Gasteiger partial charge in [-0.05, 0) is 46.5 Å². The first-order chi connectivity index (χ1) is 13.5. The molecule has 1 heterocycles. The smallest absolute Gasteiger partial charge is 0.230 e. The van der Waals surface area contributed by atoms with Crippen LogP contribution in [0, 0.1) is 5.92 Å². The molecule has 0 aliphatic carbocycles. The number of carbonyl (C=O) groups is 1. The fourth-order valence-electron chi connectivity index (χ4n) is 2.84. The standard InChI is InChI=1S/C20H22ClN5OS/c1-14(2)11-18(15-7-4-3-5-8-15)22-19(27)13-28-20-23-24-25-26(20)17-10-6-9-16(21)12-17/h3-10,12,14,18H,11,13H2,1-2H3,(H,22,27)/t18-/m0/s1. The van der Waals surface area contributed by atoms with E-state index in [0.29, 0.717) is 16.1 Å². The first kappa shape index (κ1) is 20.4. The summed E-state index contributed by atoms with van der Waals surface area (Å²) < 4.78 is 1.58.